The molecule has 1 fully saturated rings. The molecule has 2 atom stereocenters. The third-order valence-electron chi connectivity index (χ3n) is 4.78. The van der Waals surface area contributed by atoms with E-state index in [0.717, 1.165) is 11.3 Å². The Bertz CT molecular complexity index is 1070. The fourth-order valence-corrected chi connectivity index (χ4v) is 3.38. The van der Waals surface area contributed by atoms with Crippen molar-refractivity contribution in [2.24, 2.45) is 7.05 Å². The third kappa shape index (κ3) is 3.35. The van der Waals surface area contributed by atoms with Gasteiger partial charge in [-0.3, -0.25) is 18.8 Å². The van der Waals surface area contributed by atoms with E-state index in [9.17, 15) is 9.59 Å². The monoisotopic (exact) mass is 383 g/mol. The van der Waals surface area contributed by atoms with E-state index in [4.69, 9.17) is 4.74 Å². The van der Waals surface area contributed by atoms with E-state index < -0.39 is 0 Å². The molecule has 0 bridgehead atoms. The Morgan fingerprint density at radius 1 is 1.36 bits per heavy atom. The molecule has 3 N–H and O–H groups in total. The van der Waals surface area contributed by atoms with Crippen molar-refractivity contribution in [1.82, 2.24) is 35.5 Å². The van der Waals surface area contributed by atoms with Crippen molar-refractivity contribution in [2.75, 3.05) is 7.11 Å². The molecule has 2 aromatic heterocycles. The summed E-state index contributed by atoms with van der Waals surface area (Å²) in [7, 11) is 3.34. The summed E-state index contributed by atoms with van der Waals surface area (Å²) in [6, 6.07) is 7.74. The molecule has 2 unspecified atom stereocenters. The predicted molar refractivity (Wildman–Crippen MR) is 101 cm³/mol. The van der Waals surface area contributed by atoms with E-state index in [-0.39, 0.29) is 30.2 Å². The molecule has 1 aliphatic rings. The van der Waals surface area contributed by atoms with Crippen molar-refractivity contribution in [3.8, 4) is 5.75 Å². The molecular formula is C18H21N7O3. The highest BCUT2D eigenvalue weighted by atomic mass is 16.5. The quantitative estimate of drug-likeness (QED) is 0.560. The molecular weight excluding hydrogens is 362 g/mol. The number of nitrogens with one attached hydrogen (secondary N) is 3. The minimum Gasteiger partial charge on any atom is -0.496 e. The summed E-state index contributed by atoms with van der Waals surface area (Å²) < 4.78 is 8.19. The van der Waals surface area contributed by atoms with Gasteiger partial charge in [-0.2, -0.15) is 5.10 Å². The van der Waals surface area contributed by atoms with Crippen LogP contribution in [0.5, 0.6) is 5.75 Å². The fourth-order valence-electron chi connectivity index (χ4n) is 3.38. The number of benzene rings is 1. The predicted octanol–water partition coefficient (Wildman–Crippen LogP) is -0.180. The topological polar surface area (TPSA) is 115 Å². The van der Waals surface area contributed by atoms with Crippen molar-refractivity contribution in [2.45, 2.75) is 25.2 Å². The number of rotatable bonds is 5. The van der Waals surface area contributed by atoms with E-state index in [1.807, 2.05) is 24.3 Å². The summed E-state index contributed by atoms with van der Waals surface area (Å²) >= 11 is 0. The first kappa shape index (κ1) is 18.1. The van der Waals surface area contributed by atoms with Gasteiger partial charge in [0.15, 0.2) is 5.65 Å². The molecule has 1 aliphatic heterocycles. The molecule has 0 aliphatic carbocycles. The Labute approximate surface area is 160 Å². The van der Waals surface area contributed by atoms with Gasteiger partial charge in [0, 0.05) is 19.0 Å². The number of ether oxygens (including phenoxy) is 1. The van der Waals surface area contributed by atoms with Crippen molar-refractivity contribution in [3.63, 3.8) is 0 Å². The molecule has 1 amide bonds. The fraction of sp³-hybridized carbons (Fsp3) is 0.333. The number of amides is 1. The van der Waals surface area contributed by atoms with E-state index in [1.54, 1.807) is 14.2 Å². The number of para-hydroxylation sites is 1. The average Bonchev–Trinajstić information content (AvgIpc) is 3.31. The number of hydrogen-bond acceptors (Lipinski definition) is 7. The lowest BCUT2D eigenvalue weighted by Crippen LogP contribution is -2.46. The van der Waals surface area contributed by atoms with Gasteiger partial charge in [-0.1, -0.05) is 18.2 Å². The van der Waals surface area contributed by atoms with Crippen LogP contribution in [0.1, 0.15) is 18.0 Å². The van der Waals surface area contributed by atoms with Gasteiger partial charge in [0.1, 0.15) is 24.0 Å². The van der Waals surface area contributed by atoms with Gasteiger partial charge in [0.2, 0.25) is 5.91 Å². The highest BCUT2D eigenvalue weighted by Crippen LogP contribution is 2.29. The van der Waals surface area contributed by atoms with Crippen molar-refractivity contribution in [3.05, 3.63) is 52.7 Å². The average molecular weight is 383 g/mol. The first-order chi connectivity index (χ1) is 13.6. The van der Waals surface area contributed by atoms with Crippen molar-refractivity contribution < 1.29 is 9.53 Å². The van der Waals surface area contributed by atoms with Crippen molar-refractivity contribution in [1.29, 1.82) is 0 Å². The van der Waals surface area contributed by atoms with Crippen LogP contribution < -0.4 is 26.5 Å². The first-order valence-electron chi connectivity index (χ1n) is 8.87. The molecule has 1 saturated heterocycles. The van der Waals surface area contributed by atoms with Crippen LogP contribution in [0, 0.1) is 0 Å². The molecule has 3 aromatic rings. The van der Waals surface area contributed by atoms with Gasteiger partial charge < -0.3 is 10.1 Å². The SMILES string of the molecule is COc1ccccc1C1CC(NC(=O)Cn2cnc3c(cnn3C)c2=O)NN1. The van der Waals surface area contributed by atoms with E-state index in [2.05, 4.69) is 26.3 Å². The molecule has 4 rings (SSSR count). The maximum atomic E-state index is 12.5. The second-order valence-electron chi connectivity index (χ2n) is 6.62. The van der Waals surface area contributed by atoms with Gasteiger partial charge in [-0.15, -0.1) is 0 Å². The summed E-state index contributed by atoms with van der Waals surface area (Å²) in [5.74, 6) is 0.503. The Hall–Kier alpha value is -3.24. The first-order valence-corrected chi connectivity index (χ1v) is 8.87. The largest absolute Gasteiger partial charge is 0.496 e. The van der Waals surface area contributed by atoms with Crippen LogP contribution in [0.3, 0.4) is 0 Å². The number of carbonyl (C=O) groups is 1. The molecule has 146 valence electrons. The van der Waals surface area contributed by atoms with Gasteiger partial charge in [0.05, 0.1) is 25.5 Å². The second-order valence-corrected chi connectivity index (χ2v) is 6.62. The van der Waals surface area contributed by atoms with Crippen LogP contribution in [0.2, 0.25) is 0 Å². The van der Waals surface area contributed by atoms with Crippen LogP contribution in [-0.4, -0.2) is 38.5 Å². The number of hydrogen-bond donors (Lipinski definition) is 3. The van der Waals surface area contributed by atoms with E-state index >= 15 is 0 Å². The zero-order chi connectivity index (χ0) is 19.7. The van der Waals surface area contributed by atoms with Crippen LogP contribution in [-0.2, 0) is 18.4 Å². The Morgan fingerprint density at radius 2 is 2.18 bits per heavy atom. The van der Waals surface area contributed by atoms with Gasteiger partial charge in [-0.05, 0) is 6.07 Å². The highest BCUT2D eigenvalue weighted by Gasteiger charge is 2.28. The lowest BCUT2D eigenvalue weighted by molar-refractivity contribution is -0.122. The number of aryl methyl sites for hydroxylation is 1. The van der Waals surface area contributed by atoms with Crippen LogP contribution >= 0.6 is 0 Å². The normalized spacial score (nSPS) is 19.1. The Morgan fingerprint density at radius 3 is 3.00 bits per heavy atom. The summed E-state index contributed by atoms with van der Waals surface area (Å²) in [4.78, 5) is 29.1. The van der Waals surface area contributed by atoms with Gasteiger partial charge in [-0.25, -0.2) is 15.8 Å². The number of methoxy groups -OCH3 is 1. The number of carbonyl (C=O) groups excluding carboxylic acids is 1. The van der Waals surface area contributed by atoms with Gasteiger partial charge >= 0.3 is 0 Å². The minimum atomic E-state index is -0.294. The molecule has 10 nitrogen and oxygen atoms in total. The zero-order valence-electron chi connectivity index (χ0n) is 15.5. The molecule has 3 heterocycles. The standard InChI is InChI=1S/C18H21N7O3/c1-24-17-12(8-20-24)18(27)25(10-19-17)9-16(26)21-15-7-13(22-23-15)11-5-3-4-6-14(11)28-2/h3-6,8,10,13,15,22-23H,7,9H2,1-2H3,(H,21,26). The molecule has 0 radical (unpaired) electrons. The van der Waals surface area contributed by atoms with E-state index in [0.29, 0.717) is 17.5 Å². The Kier molecular flexibility index (Phi) is 4.80. The number of nitrogens with zero attached hydrogens (tertiary/aromatic N) is 4. The molecule has 0 spiro atoms. The molecule has 28 heavy (non-hydrogen) atoms. The molecule has 0 saturated carbocycles. The zero-order valence-corrected chi connectivity index (χ0v) is 15.5. The maximum Gasteiger partial charge on any atom is 0.264 e. The van der Waals surface area contributed by atoms with Crippen LogP contribution in [0.25, 0.3) is 11.0 Å². The molecule has 1 aromatic carbocycles. The smallest absolute Gasteiger partial charge is 0.264 e. The number of fused-ring (bicyclic) bond motifs is 1. The Balaban J connectivity index is 1.41. The van der Waals surface area contributed by atoms with Crippen LogP contribution in [0.15, 0.2) is 41.6 Å². The second kappa shape index (κ2) is 7.41. The lowest BCUT2D eigenvalue weighted by atomic mass is 10.0. The lowest BCUT2D eigenvalue weighted by Gasteiger charge is -2.14. The summed E-state index contributed by atoms with van der Waals surface area (Å²) in [6.45, 7) is -0.117. The van der Waals surface area contributed by atoms with Crippen LogP contribution in [0.4, 0.5) is 0 Å². The number of aromatic nitrogens is 4. The number of hydrazine groups is 1. The summed E-state index contributed by atoms with van der Waals surface area (Å²) in [5, 5.41) is 7.29. The van der Waals surface area contributed by atoms with Crippen molar-refractivity contribution >= 4 is 16.9 Å². The maximum absolute atomic E-state index is 12.5. The van der Waals surface area contributed by atoms with E-state index in [1.165, 1.54) is 21.8 Å². The van der Waals surface area contributed by atoms with Gasteiger partial charge in [0.25, 0.3) is 5.56 Å². The molecule has 10 heteroatoms. The summed E-state index contributed by atoms with van der Waals surface area (Å²) in [6.07, 6.45) is 3.19. The summed E-state index contributed by atoms with van der Waals surface area (Å²) in [5.41, 5.74) is 7.44. The highest BCUT2D eigenvalue weighted by molar-refractivity contribution is 5.77. The third-order valence-corrected chi connectivity index (χ3v) is 4.78. The minimum absolute atomic E-state index is 0.00224.